The maximum Gasteiger partial charge on any atom is 0.316 e. The fourth-order valence-electron chi connectivity index (χ4n) is 2.92. The Bertz CT molecular complexity index is 751. The third-order valence-electron chi connectivity index (χ3n) is 4.10. The summed E-state index contributed by atoms with van der Waals surface area (Å²) in [5.41, 5.74) is 1.91. The number of benzene rings is 2. The summed E-state index contributed by atoms with van der Waals surface area (Å²) in [4.78, 5) is 15.4. The lowest BCUT2D eigenvalue weighted by Gasteiger charge is -2.42. The first-order valence-electron chi connectivity index (χ1n) is 7.37. The lowest BCUT2D eigenvalue weighted by atomic mass is 10.0. The first kappa shape index (κ1) is 17.7. The Morgan fingerprint density at radius 3 is 2.25 bits per heavy atom. The van der Waals surface area contributed by atoms with Crippen LogP contribution in [0, 0.1) is 0 Å². The molecule has 0 bridgehead atoms. The highest BCUT2D eigenvalue weighted by atomic mass is 35.5. The van der Waals surface area contributed by atoms with Gasteiger partial charge in [-0.25, -0.2) is 0 Å². The number of hydrogen-bond donors (Lipinski definition) is 0. The van der Waals surface area contributed by atoms with Crippen molar-refractivity contribution in [3.8, 4) is 0 Å². The third kappa shape index (κ3) is 3.75. The maximum absolute atomic E-state index is 11.6. The van der Waals surface area contributed by atoms with E-state index in [0.717, 1.165) is 11.3 Å². The summed E-state index contributed by atoms with van der Waals surface area (Å²) in [5, 5.41) is 1.38. The van der Waals surface area contributed by atoms with E-state index < -0.39 is 5.37 Å². The molecule has 2 aromatic rings. The first-order chi connectivity index (χ1) is 11.5. The van der Waals surface area contributed by atoms with Crippen LogP contribution in [-0.2, 0) is 0 Å². The van der Waals surface area contributed by atoms with Crippen LogP contribution in [0.4, 0.5) is 10.5 Å². The molecule has 0 aliphatic carbocycles. The number of hydrogen-bond acceptors (Lipinski definition) is 2. The number of anilines is 1. The quantitative estimate of drug-likeness (QED) is 0.462. The van der Waals surface area contributed by atoms with Gasteiger partial charge in [0.05, 0.1) is 16.8 Å². The number of piperazine rings is 1. The van der Waals surface area contributed by atoms with E-state index >= 15 is 0 Å². The first-order valence-corrected chi connectivity index (χ1v) is 8.88. The van der Waals surface area contributed by atoms with E-state index in [0.29, 0.717) is 34.7 Å². The fraction of sp³-hybridized carbons (Fsp3) is 0.235. The normalized spacial score (nSPS) is 17.9. The second kappa shape index (κ2) is 7.40. The van der Waals surface area contributed by atoms with E-state index in [-0.39, 0.29) is 6.04 Å². The molecule has 7 heteroatoms. The van der Waals surface area contributed by atoms with Crippen molar-refractivity contribution < 1.29 is 4.79 Å². The van der Waals surface area contributed by atoms with Gasteiger partial charge in [-0.2, -0.15) is 0 Å². The van der Waals surface area contributed by atoms with E-state index in [4.69, 9.17) is 46.4 Å². The van der Waals surface area contributed by atoms with Crippen molar-refractivity contribution in [3.05, 3.63) is 63.1 Å². The summed E-state index contributed by atoms with van der Waals surface area (Å²) in [5.74, 6) is 0. The highest BCUT2D eigenvalue weighted by molar-refractivity contribution is 6.62. The summed E-state index contributed by atoms with van der Waals surface area (Å²) < 4.78 is 0. The maximum atomic E-state index is 11.6. The zero-order valence-corrected chi connectivity index (χ0v) is 15.6. The van der Waals surface area contributed by atoms with Gasteiger partial charge >= 0.3 is 5.37 Å². The molecule has 1 aliphatic heterocycles. The molecule has 0 spiro atoms. The van der Waals surface area contributed by atoms with Gasteiger partial charge in [-0.15, -0.1) is 0 Å². The Hall–Kier alpha value is -1.13. The van der Waals surface area contributed by atoms with Crippen LogP contribution in [0.2, 0.25) is 15.1 Å². The average molecular weight is 404 g/mol. The standard InChI is InChI=1S/C17H14Cl4N2O/c18-12-3-1-11(2-4-12)16-10-22(17(21)24)7-8-23(16)15-6-5-13(19)9-14(15)20/h1-6,9,16H,7-8,10H2. The van der Waals surface area contributed by atoms with Crippen molar-refractivity contribution >= 4 is 57.5 Å². The van der Waals surface area contributed by atoms with Crippen LogP contribution in [0.3, 0.4) is 0 Å². The number of nitrogens with zero attached hydrogens (tertiary/aromatic N) is 2. The second-order valence-corrected chi connectivity index (χ2v) is 7.16. The molecule has 1 amide bonds. The molecule has 0 aromatic heterocycles. The number of amides is 1. The van der Waals surface area contributed by atoms with Crippen LogP contribution in [0.15, 0.2) is 42.5 Å². The van der Waals surface area contributed by atoms with Crippen molar-refractivity contribution in [1.82, 2.24) is 4.90 Å². The van der Waals surface area contributed by atoms with Crippen LogP contribution in [0.1, 0.15) is 11.6 Å². The smallest absolute Gasteiger partial charge is 0.316 e. The average Bonchev–Trinajstić information content (AvgIpc) is 2.55. The van der Waals surface area contributed by atoms with Crippen molar-refractivity contribution in [2.75, 3.05) is 24.5 Å². The minimum Gasteiger partial charge on any atom is -0.360 e. The van der Waals surface area contributed by atoms with Gasteiger partial charge in [0.2, 0.25) is 0 Å². The van der Waals surface area contributed by atoms with E-state index in [1.165, 1.54) is 0 Å². The molecule has 1 atom stereocenters. The lowest BCUT2D eigenvalue weighted by Crippen LogP contribution is -2.49. The second-order valence-electron chi connectivity index (χ2n) is 5.56. The summed E-state index contributed by atoms with van der Waals surface area (Å²) >= 11 is 24.1. The molecule has 0 N–H and O–H groups in total. The minimum absolute atomic E-state index is 0.0719. The Balaban J connectivity index is 1.99. The number of carbonyl (C=O) groups excluding carboxylic acids is 1. The predicted molar refractivity (Wildman–Crippen MR) is 101 cm³/mol. The molecule has 1 heterocycles. The molecular weight excluding hydrogens is 390 g/mol. The number of carbonyl (C=O) groups is 1. The SMILES string of the molecule is O=C(Cl)N1CCN(c2ccc(Cl)cc2Cl)C(c2ccc(Cl)cc2)C1. The molecule has 1 aliphatic rings. The molecule has 3 rings (SSSR count). The highest BCUT2D eigenvalue weighted by Gasteiger charge is 2.31. The van der Waals surface area contributed by atoms with Gasteiger partial charge in [0.15, 0.2) is 0 Å². The van der Waals surface area contributed by atoms with Crippen LogP contribution in [-0.4, -0.2) is 29.9 Å². The van der Waals surface area contributed by atoms with Crippen LogP contribution < -0.4 is 4.90 Å². The van der Waals surface area contributed by atoms with Gasteiger partial charge < -0.3 is 9.80 Å². The summed E-state index contributed by atoms with van der Waals surface area (Å²) in [6.07, 6.45) is 0. The van der Waals surface area contributed by atoms with Gasteiger partial charge in [-0.1, -0.05) is 46.9 Å². The molecule has 24 heavy (non-hydrogen) atoms. The largest absolute Gasteiger partial charge is 0.360 e. The molecule has 1 saturated heterocycles. The predicted octanol–water partition coefficient (Wildman–Crippen LogP) is 5.87. The highest BCUT2D eigenvalue weighted by Crippen LogP contribution is 2.36. The molecule has 1 fully saturated rings. The summed E-state index contributed by atoms with van der Waals surface area (Å²) in [7, 11) is 0. The zero-order chi connectivity index (χ0) is 17.3. The third-order valence-corrected chi connectivity index (χ3v) is 5.13. The number of halogens is 4. The van der Waals surface area contributed by atoms with Gasteiger partial charge in [0.25, 0.3) is 0 Å². The molecule has 2 aromatic carbocycles. The molecule has 0 saturated carbocycles. The molecule has 0 radical (unpaired) electrons. The zero-order valence-electron chi connectivity index (χ0n) is 12.6. The Morgan fingerprint density at radius 2 is 1.62 bits per heavy atom. The van der Waals surface area contributed by atoms with Gasteiger partial charge in [-0.3, -0.25) is 4.79 Å². The summed E-state index contributed by atoms with van der Waals surface area (Å²) in [6.45, 7) is 1.63. The molecule has 126 valence electrons. The fourth-order valence-corrected chi connectivity index (χ4v) is 3.71. The van der Waals surface area contributed by atoms with Crippen LogP contribution in [0.25, 0.3) is 0 Å². The molecule has 1 unspecified atom stereocenters. The van der Waals surface area contributed by atoms with Gasteiger partial charge in [0.1, 0.15) is 0 Å². The van der Waals surface area contributed by atoms with Gasteiger partial charge in [-0.05, 0) is 47.5 Å². The summed E-state index contributed by atoms with van der Waals surface area (Å²) in [6, 6.07) is 12.9. The van der Waals surface area contributed by atoms with E-state index in [1.54, 1.807) is 17.0 Å². The Labute approximate surface area is 160 Å². The van der Waals surface area contributed by atoms with Crippen molar-refractivity contribution in [3.63, 3.8) is 0 Å². The molecular formula is C17H14Cl4N2O. The van der Waals surface area contributed by atoms with Crippen LogP contribution in [0.5, 0.6) is 0 Å². The van der Waals surface area contributed by atoms with Gasteiger partial charge in [0, 0.05) is 29.7 Å². The molecule has 3 nitrogen and oxygen atoms in total. The van der Waals surface area contributed by atoms with E-state index in [9.17, 15) is 4.79 Å². The Kier molecular flexibility index (Phi) is 5.46. The monoisotopic (exact) mass is 402 g/mol. The Morgan fingerprint density at radius 1 is 0.958 bits per heavy atom. The van der Waals surface area contributed by atoms with E-state index in [1.807, 2.05) is 30.3 Å². The van der Waals surface area contributed by atoms with E-state index in [2.05, 4.69) is 4.90 Å². The van der Waals surface area contributed by atoms with Crippen molar-refractivity contribution in [2.24, 2.45) is 0 Å². The van der Waals surface area contributed by atoms with Crippen molar-refractivity contribution in [1.29, 1.82) is 0 Å². The van der Waals surface area contributed by atoms with Crippen molar-refractivity contribution in [2.45, 2.75) is 6.04 Å². The topological polar surface area (TPSA) is 23.6 Å². The number of rotatable bonds is 2. The van der Waals surface area contributed by atoms with Crippen LogP contribution >= 0.6 is 46.4 Å². The lowest BCUT2D eigenvalue weighted by molar-refractivity contribution is 0.208. The minimum atomic E-state index is -0.448.